The molecule has 0 aliphatic heterocycles. The van der Waals surface area contributed by atoms with Crippen LogP contribution in [0.5, 0.6) is 0 Å². The Bertz CT molecular complexity index is 19.1. The zero-order valence-corrected chi connectivity index (χ0v) is 4.88. The van der Waals surface area contributed by atoms with Crippen LogP contribution >= 0.6 is 30.4 Å². The number of rotatable bonds is 1. The molecule has 0 N–H and O–H groups in total. The van der Waals surface area contributed by atoms with Gasteiger partial charge in [0.15, 0.2) is 0 Å². The first-order valence-corrected chi connectivity index (χ1v) is 3.89. The summed E-state index contributed by atoms with van der Waals surface area (Å²) in [6.45, 7) is 0. The summed E-state index contributed by atoms with van der Waals surface area (Å²) in [7, 11) is 1.23. The third-order valence-corrected chi connectivity index (χ3v) is 0.896. The van der Waals surface area contributed by atoms with E-state index in [0.29, 0.717) is 0 Å². The van der Waals surface area contributed by atoms with Crippen molar-refractivity contribution < 1.29 is 5.55 Å². The van der Waals surface area contributed by atoms with E-state index >= 15 is 0 Å². The first-order valence-electron chi connectivity index (χ1n) is 1.32. The van der Waals surface area contributed by atoms with Crippen LogP contribution in [0.2, 0.25) is 0 Å². The van der Waals surface area contributed by atoms with Gasteiger partial charge in [0.1, 0.15) is 0 Å². The highest BCUT2D eigenvalue weighted by Gasteiger charge is 1.56. The molecule has 0 atom stereocenters. The number of hydrogen-bond donors (Lipinski definition) is 0. The Morgan fingerprint density at radius 2 is 3.25 bits per heavy atom. The molecular formula is CH3IOS. The van der Waals surface area contributed by atoms with Gasteiger partial charge in [0.25, 0.3) is 0 Å². The van der Waals surface area contributed by atoms with Crippen LogP contribution in [0.25, 0.3) is 0 Å². The molecule has 26 valence electrons. The van der Waals surface area contributed by atoms with Crippen molar-refractivity contribution in [3.8, 4) is 0 Å². The molecule has 4 heavy (non-hydrogen) atoms. The van der Waals surface area contributed by atoms with Gasteiger partial charge < -0.3 is 4.18 Å². The van der Waals surface area contributed by atoms with E-state index < -0.39 is 0 Å². The summed E-state index contributed by atoms with van der Waals surface area (Å²) >= 11 is 1.96. The minimum absolute atomic E-state index is 0.0492. The molecule has 0 aliphatic rings. The van der Waals surface area contributed by atoms with Crippen molar-refractivity contribution in [2.75, 3.05) is 7.09 Å². The molecule has 0 rings (SSSR count). The van der Waals surface area contributed by atoms with Gasteiger partial charge in [-0.1, -0.05) is 0 Å². The van der Waals surface area contributed by atoms with Gasteiger partial charge in [-0.25, -0.2) is 0 Å². The van der Waals surface area contributed by atoms with Crippen LogP contribution < -0.4 is 0 Å². The van der Waals surface area contributed by atoms with Gasteiger partial charge in [0, 0.05) is 21.2 Å². The molecule has 0 radical (unpaired) electrons. The molecule has 0 aliphatic carbocycles. The van der Waals surface area contributed by atoms with Gasteiger partial charge >= 0.3 is 0 Å². The normalized spacial score (nSPS) is 10.8. The molecule has 0 saturated heterocycles. The molecule has 0 spiro atoms. The van der Waals surface area contributed by atoms with E-state index in [4.69, 9.17) is 1.37 Å². The van der Waals surface area contributed by atoms with Crippen molar-refractivity contribution in [2.24, 2.45) is 0 Å². The van der Waals surface area contributed by atoms with E-state index in [2.05, 4.69) is 4.18 Å². The first-order chi connectivity index (χ1) is 2.41. The standard InChI is InChI=1S/CH3IOS/c1-3-4-2/h1H3/i1T. The van der Waals surface area contributed by atoms with E-state index in [9.17, 15) is 0 Å². The molecule has 0 unspecified atom stereocenters. The van der Waals surface area contributed by atoms with E-state index in [1.807, 2.05) is 21.2 Å². The molecule has 0 aromatic rings. The van der Waals surface area contributed by atoms with Crippen molar-refractivity contribution in [2.45, 2.75) is 0 Å². The maximum atomic E-state index is 6.35. The average molecular weight is 192 g/mol. The second-order valence-electron chi connectivity index (χ2n) is 0.181. The molecule has 0 aromatic carbocycles. The van der Waals surface area contributed by atoms with E-state index in [1.54, 1.807) is 0 Å². The Hall–Kier alpha value is 1.04. The molecule has 0 aromatic heterocycles. The van der Waals surface area contributed by atoms with Gasteiger partial charge in [-0.05, 0) is 0 Å². The van der Waals surface area contributed by atoms with Gasteiger partial charge in [-0.3, -0.25) is 0 Å². The fourth-order valence-electron chi connectivity index (χ4n) is 0. The predicted molar refractivity (Wildman–Crippen MR) is 28.6 cm³/mol. The van der Waals surface area contributed by atoms with Crippen molar-refractivity contribution in [3.05, 3.63) is 0 Å². The van der Waals surface area contributed by atoms with Gasteiger partial charge in [-0.15, -0.1) is 0 Å². The van der Waals surface area contributed by atoms with E-state index in [0.717, 1.165) is 0 Å². The monoisotopic (exact) mass is 192 g/mol. The SMILES string of the molecule is [3H]COSI. The summed E-state index contributed by atoms with van der Waals surface area (Å²) in [5, 5.41) is 0. The Labute approximate surface area is 43.3 Å². The van der Waals surface area contributed by atoms with Crippen LogP contribution in [0.3, 0.4) is 0 Å². The average Bonchev–Trinajstić information content (AvgIpc) is 1.41. The quantitative estimate of drug-likeness (QED) is 0.461. The van der Waals surface area contributed by atoms with E-state index in [-0.39, 0.29) is 7.09 Å². The second-order valence-corrected chi connectivity index (χ2v) is 1.62. The van der Waals surface area contributed by atoms with Crippen LogP contribution in [-0.2, 0) is 4.18 Å². The van der Waals surface area contributed by atoms with Gasteiger partial charge in [0.2, 0.25) is 0 Å². The van der Waals surface area contributed by atoms with Crippen molar-refractivity contribution in [1.82, 2.24) is 0 Å². The highest BCUT2D eigenvalue weighted by molar-refractivity contribution is 14.2. The maximum absolute atomic E-state index is 6.35. The second kappa shape index (κ2) is 4.04. The number of hydrogen-bond acceptors (Lipinski definition) is 2. The largest absolute Gasteiger partial charge is 0.309 e. The van der Waals surface area contributed by atoms with Crippen LogP contribution in [0.1, 0.15) is 1.37 Å². The molecule has 3 heteroatoms. The van der Waals surface area contributed by atoms with Crippen molar-refractivity contribution in [3.63, 3.8) is 0 Å². The fourth-order valence-corrected chi connectivity index (χ4v) is 0. The molecule has 0 heterocycles. The molecule has 0 bridgehead atoms. The van der Waals surface area contributed by atoms with Crippen LogP contribution in [0.15, 0.2) is 0 Å². The fraction of sp³-hybridized carbons (Fsp3) is 1.00. The number of halogens is 1. The van der Waals surface area contributed by atoms with Crippen LogP contribution in [-0.4, -0.2) is 7.09 Å². The zero-order chi connectivity index (χ0) is 4.12. The summed E-state index contributed by atoms with van der Waals surface area (Å²) in [4.78, 5) is 0. The van der Waals surface area contributed by atoms with Crippen molar-refractivity contribution in [1.29, 1.82) is 0 Å². The summed E-state index contributed by atoms with van der Waals surface area (Å²) in [6, 6.07) is 0. The van der Waals surface area contributed by atoms with Crippen LogP contribution in [0.4, 0.5) is 0 Å². The minimum Gasteiger partial charge on any atom is -0.309 e. The lowest BCUT2D eigenvalue weighted by Gasteiger charge is -1.71. The Morgan fingerprint density at radius 3 is 3.25 bits per heavy atom. The minimum atomic E-state index is 0.0492. The van der Waals surface area contributed by atoms with Gasteiger partial charge in [0.05, 0.1) is 17.7 Å². The van der Waals surface area contributed by atoms with E-state index in [1.165, 1.54) is 9.21 Å². The van der Waals surface area contributed by atoms with Crippen molar-refractivity contribution >= 4 is 30.4 Å². The molecule has 0 amide bonds. The zero-order valence-electron chi connectivity index (χ0n) is 2.90. The molecular weight excluding hydrogens is 187 g/mol. The Morgan fingerprint density at radius 1 is 2.50 bits per heavy atom. The summed E-state index contributed by atoms with van der Waals surface area (Å²) in [5.41, 5.74) is 0. The lowest BCUT2D eigenvalue weighted by Crippen LogP contribution is -1.46. The molecule has 0 saturated carbocycles. The topological polar surface area (TPSA) is 9.23 Å². The Balaban J connectivity index is 2.19. The van der Waals surface area contributed by atoms with Crippen LogP contribution in [0, 0.1) is 0 Å². The molecule has 1 nitrogen and oxygen atoms in total. The lowest BCUT2D eigenvalue weighted by atomic mass is 11.8. The smallest absolute Gasteiger partial charge is 0.0647 e. The maximum Gasteiger partial charge on any atom is 0.0647 e. The third-order valence-electron chi connectivity index (χ3n) is 0.0445. The first kappa shape index (κ1) is 3.24. The Kier molecular flexibility index (Phi) is 3.27. The summed E-state index contributed by atoms with van der Waals surface area (Å²) in [5.74, 6) is 0. The highest BCUT2D eigenvalue weighted by atomic mass is 127. The predicted octanol–water partition coefficient (Wildman–Crippen LogP) is 1.63. The lowest BCUT2D eigenvalue weighted by molar-refractivity contribution is 0.499. The van der Waals surface area contributed by atoms with Gasteiger partial charge in [-0.2, -0.15) is 0 Å². The summed E-state index contributed by atoms with van der Waals surface area (Å²) < 4.78 is 10.8. The third kappa shape index (κ3) is 3.04. The summed E-state index contributed by atoms with van der Waals surface area (Å²) in [6.07, 6.45) is 0. The molecule has 0 fully saturated rings. The highest BCUT2D eigenvalue weighted by Crippen LogP contribution is 2.08.